The van der Waals surface area contributed by atoms with Crippen LogP contribution in [0.25, 0.3) is 0 Å². The lowest BCUT2D eigenvalue weighted by Gasteiger charge is -2.30. The van der Waals surface area contributed by atoms with Gasteiger partial charge in [-0.25, -0.2) is 0 Å². The van der Waals surface area contributed by atoms with Gasteiger partial charge in [-0.2, -0.15) is 0 Å². The van der Waals surface area contributed by atoms with Crippen molar-refractivity contribution in [1.82, 2.24) is 4.90 Å². The number of hydrogen-bond donors (Lipinski definition) is 0. The first-order valence-corrected chi connectivity index (χ1v) is 2.83. The zero-order valence-electron chi connectivity index (χ0n) is 5.07. The Morgan fingerprint density at radius 2 is 1.86 bits per heavy atom. The van der Waals surface area contributed by atoms with Crippen molar-refractivity contribution in [2.24, 2.45) is 0 Å². The molecule has 0 amide bonds. The van der Waals surface area contributed by atoms with Crippen molar-refractivity contribution in [2.45, 2.75) is 19.3 Å². The van der Waals surface area contributed by atoms with E-state index in [4.69, 9.17) is 0 Å². The Kier molecular flexibility index (Phi) is 1.33. The molecule has 0 unspecified atom stereocenters. The van der Waals surface area contributed by atoms with Crippen LogP contribution in [0, 0.1) is 6.04 Å². The Morgan fingerprint density at radius 1 is 1.29 bits per heavy atom. The molecule has 0 atom stereocenters. The molecule has 0 aromatic rings. The second-order valence-corrected chi connectivity index (χ2v) is 2.31. The van der Waals surface area contributed by atoms with Crippen LogP contribution in [0.2, 0.25) is 0 Å². The fourth-order valence-corrected chi connectivity index (χ4v) is 0.782. The van der Waals surface area contributed by atoms with Gasteiger partial charge in [0.05, 0.1) is 0 Å². The normalized spacial score (nSPS) is 22.7. The summed E-state index contributed by atoms with van der Waals surface area (Å²) in [6.45, 7) is 0. The van der Waals surface area contributed by atoms with Gasteiger partial charge < -0.3 is 4.90 Å². The van der Waals surface area contributed by atoms with E-state index in [9.17, 15) is 0 Å². The van der Waals surface area contributed by atoms with Crippen LogP contribution in [0.4, 0.5) is 0 Å². The third-order valence-corrected chi connectivity index (χ3v) is 1.56. The van der Waals surface area contributed by atoms with Crippen molar-refractivity contribution in [1.29, 1.82) is 0 Å². The lowest BCUT2D eigenvalue weighted by atomic mass is 9.92. The van der Waals surface area contributed by atoms with Crippen LogP contribution in [0.5, 0.6) is 0 Å². The van der Waals surface area contributed by atoms with Crippen molar-refractivity contribution in [3.63, 3.8) is 0 Å². The molecule has 0 aliphatic heterocycles. The second kappa shape index (κ2) is 1.83. The van der Waals surface area contributed by atoms with Gasteiger partial charge in [-0.1, -0.05) is 0 Å². The summed E-state index contributed by atoms with van der Waals surface area (Å²) >= 11 is 0. The van der Waals surface area contributed by atoms with E-state index in [0.29, 0.717) is 0 Å². The molecule has 1 radical (unpaired) electrons. The summed E-state index contributed by atoms with van der Waals surface area (Å²) in [4.78, 5) is 2.23. The Bertz CT molecular complexity index is 55.2. The zero-order valence-corrected chi connectivity index (χ0v) is 5.07. The predicted octanol–water partition coefficient (Wildman–Crippen LogP) is 1.26. The molecule has 1 aliphatic carbocycles. The molecule has 0 aromatic carbocycles. The quantitative estimate of drug-likeness (QED) is 0.477. The van der Waals surface area contributed by atoms with E-state index in [1.807, 2.05) is 0 Å². The molecule has 1 fully saturated rings. The van der Waals surface area contributed by atoms with Gasteiger partial charge in [-0.05, 0) is 33.4 Å². The van der Waals surface area contributed by atoms with Crippen molar-refractivity contribution >= 4 is 0 Å². The highest BCUT2D eigenvalue weighted by Crippen LogP contribution is 2.29. The summed E-state index contributed by atoms with van der Waals surface area (Å²) < 4.78 is 0. The summed E-state index contributed by atoms with van der Waals surface area (Å²) in [6, 6.07) is 1.61. The standard InChI is InChI=1S/C6H12N/c1-7(2)6-4-3-5-6/h3-5H2,1-2H3. The Labute approximate surface area is 45.3 Å². The Hall–Kier alpha value is -0.0400. The number of rotatable bonds is 1. The topological polar surface area (TPSA) is 3.24 Å². The van der Waals surface area contributed by atoms with E-state index in [1.54, 1.807) is 6.04 Å². The molecule has 1 saturated carbocycles. The highest BCUT2D eigenvalue weighted by Gasteiger charge is 2.19. The molecule has 0 heterocycles. The van der Waals surface area contributed by atoms with Gasteiger partial charge in [0.15, 0.2) is 0 Å². The molecular weight excluding hydrogens is 86.1 g/mol. The van der Waals surface area contributed by atoms with Crippen molar-refractivity contribution < 1.29 is 0 Å². The minimum absolute atomic E-state index is 1.34. The van der Waals surface area contributed by atoms with E-state index >= 15 is 0 Å². The maximum Gasteiger partial charge on any atom is 0.0386 e. The fraction of sp³-hybridized carbons (Fsp3) is 0.833. The van der Waals surface area contributed by atoms with Gasteiger partial charge in [-0.15, -0.1) is 0 Å². The summed E-state index contributed by atoms with van der Waals surface area (Å²) in [5.74, 6) is 0. The van der Waals surface area contributed by atoms with Gasteiger partial charge in [0.1, 0.15) is 0 Å². The van der Waals surface area contributed by atoms with Crippen molar-refractivity contribution in [3.05, 3.63) is 6.04 Å². The van der Waals surface area contributed by atoms with Crippen LogP contribution in [0.3, 0.4) is 0 Å². The molecule has 0 N–H and O–H groups in total. The summed E-state index contributed by atoms with van der Waals surface area (Å²) in [5, 5.41) is 0. The largest absolute Gasteiger partial charge is 0.302 e. The smallest absolute Gasteiger partial charge is 0.0386 e. The first-order chi connectivity index (χ1) is 3.30. The fourth-order valence-electron chi connectivity index (χ4n) is 0.782. The van der Waals surface area contributed by atoms with Crippen LogP contribution in [0.15, 0.2) is 0 Å². The van der Waals surface area contributed by atoms with Crippen molar-refractivity contribution in [3.8, 4) is 0 Å². The van der Waals surface area contributed by atoms with E-state index in [1.165, 1.54) is 19.3 Å². The third-order valence-electron chi connectivity index (χ3n) is 1.56. The van der Waals surface area contributed by atoms with Crippen LogP contribution < -0.4 is 0 Å². The zero-order chi connectivity index (χ0) is 5.28. The van der Waals surface area contributed by atoms with Crippen LogP contribution in [-0.4, -0.2) is 19.0 Å². The van der Waals surface area contributed by atoms with Gasteiger partial charge >= 0.3 is 0 Å². The monoisotopic (exact) mass is 98.1 g/mol. The molecule has 0 aromatic heterocycles. The molecule has 1 nitrogen and oxygen atoms in total. The van der Waals surface area contributed by atoms with Crippen LogP contribution in [-0.2, 0) is 0 Å². The lowest BCUT2D eigenvalue weighted by molar-refractivity contribution is 0.304. The minimum Gasteiger partial charge on any atom is -0.302 e. The van der Waals surface area contributed by atoms with Gasteiger partial charge in [0.25, 0.3) is 0 Å². The molecule has 1 rings (SSSR count). The SMILES string of the molecule is CN(C)[C]1CCC1. The lowest BCUT2D eigenvalue weighted by Crippen LogP contribution is -2.25. The summed E-state index contributed by atoms with van der Waals surface area (Å²) in [5.41, 5.74) is 0. The molecule has 1 heteroatoms. The number of hydrogen-bond acceptors (Lipinski definition) is 1. The van der Waals surface area contributed by atoms with E-state index in [-0.39, 0.29) is 0 Å². The van der Waals surface area contributed by atoms with E-state index in [2.05, 4.69) is 19.0 Å². The maximum absolute atomic E-state index is 2.23. The molecule has 0 saturated heterocycles. The van der Waals surface area contributed by atoms with Gasteiger partial charge in [0.2, 0.25) is 0 Å². The highest BCUT2D eigenvalue weighted by atomic mass is 15.1. The van der Waals surface area contributed by atoms with E-state index < -0.39 is 0 Å². The second-order valence-electron chi connectivity index (χ2n) is 2.31. The molecule has 0 spiro atoms. The predicted molar refractivity (Wildman–Crippen MR) is 30.8 cm³/mol. The average molecular weight is 98.2 g/mol. The third kappa shape index (κ3) is 0.942. The average Bonchev–Trinajstić information content (AvgIpc) is 1.23. The molecule has 7 heavy (non-hydrogen) atoms. The minimum atomic E-state index is 1.34. The summed E-state index contributed by atoms with van der Waals surface area (Å²) in [6.07, 6.45) is 4.09. The van der Waals surface area contributed by atoms with Crippen LogP contribution in [0.1, 0.15) is 19.3 Å². The van der Waals surface area contributed by atoms with Crippen molar-refractivity contribution in [2.75, 3.05) is 14.1 Å². The molecule has 41 valence electrons. The molecule has 0 bridgehead atoms. The first-order valence-electron chi connectivity index (χ1n) is 2.83. The maximum atomic E-state index is 2.23. The highest BCUT2D eigenvalue weighted by molar-refractivity contribution is 4.94. The van der Waals surface area contributed by atoms with E-state index in [0.717, 1.165) is 0 Å². The van der Waals surface area contributed by atoms with Gasteiger partial charge in [0, 0.05) is 6.04 Å². The van der Waals surface area contributed by atoms with Crippen LogP contribution >= 0.6 is 0 Å². The van der Waals surface area contributed by atoms with Gasteiger partial charge in [-0.3, -0.25) is 0 Å². The summed E-state index contributed by atoms with van der Waals surface area (Å²) in [7, 11) is 4.24. The molecule has 1 aliphatic rings. The Balaban J connectivity index is 2.14. The first kappa shape index (κ1) is 5.10. The number of nitrogens with zero attached hydrogens (tertiary/aromatic N) is 1. The Morgan fingerprint density at radius 3 is 1.86 bits per heavy atom. The molecular formula is C6H12N.